The molecule has 0 unspecified atom stereocenters. The van der Waals surface area contributed by atoms with E-state index in [1.54, 1.807) is 36.7 Å². The van der Waals surface area contributed by atoms with E-state index in [1.807, 2.05) is 6.07 Å². The highest BCUT2D eigenvalue weighted by molar-refractivity contribution is 6.39. The Kier molecular flexibility index (Phi) is 5.96. The first kappa shape index (κ1) is 17.2. The lowest BCUT2D eigenvalue weighted by Crippen LogP contribution is -2.36. The van der Waals surface area contributed by atoms with E-state index in [2.05, 4.69) is 10.3 Å². The van der Waals surface area contributed by atoms with Crippen molar-refractivity contribution in [2.24, 2.45) is 0 Å². The van der Waals surface area contributed by atoms with E-state index < -0.39 is 0 Å². The third-order valence-electron chi connectivity index (χ3n) is 3.10. The number of rotatable bonds is 5. The van der Waals surface area contributed by atoms with Gasteiger partial charge in [0.05, 0.1) is 15.7 Å². The SMILES string of the molecule is CC(=O)N(CC(=O)Nc1c(Cl)cccc1Cl)Cc1cccnc1. The molecule has 0 aliphatic rings. The van der Waals surface area contributed by atoms with E-state index in [9.17, 15) is 9.59 Å². The van der Waals surface area contributed by atoms with E-state index in [4.69, 9.17) is 23.2 Å². The lowest BCUT2D eigenvalue weighted by Gasteiger charge is -2.20. The number of aromatic nitrogens is 1. The van der Waals surface area contributed by atoms with Gasteiger partial charge in [0.1, 0.15) is 6.54 Å². The molecule has 5 nitrogen and oxygen atoms in total. The number of pyridine rings is 1. The fourth-order valence-electron chi connectivity index (χ4n) is 1.96. The summed E-state index contributed by atoms with van der Waals surface area (Å²) in [5.74, 6) is -0.589. The molecular formula is C16H15Cl2N3O2. The van der Waals surface area contributed by atoms with Crippen LogP contribution in [0.3, 0.4) is 0 Å². The number of hydrogen-bond donors (Lipinski definition) is 1. The molecule has 2 rings (SSSR count). The standard InChI is InChI=1S/C16H15Cl2N3O2/c1-11(22)21(9-12-4-3-7-19-8-12)10-15(23)20-16-13(17)5-2-6-14(16)18/h2-8H,9-10H2,1H3,(H,20,23). The Labute approximate surface area is 144 Å². The van der Waals surface area contributed by atoms with Crippen LogP contribution in [0.15, 0.2) is 42.7 Å². The summed E-state index contributed by atoms with van der Waals surface area (Å²) in [5, 5.41) is 3.32. The minimum absolute atomic E-state index is 0.105. The van der Waals surface area contributed by atoms with Crippen molar-refractivity contribution in [3.05, 3.63) is 58.3 Å². The molecule has 0 aliphatic heterocycles. The van der Waals surface area contributed by atoms with Gasteiger partial charge in [-0.1, -0.05) is 35.3 Å². The Hall–Kier alpha value is -2.11. The average molecular weight is 352 g/mol. The second-order valence-electron chi connectivity index (χ2n) is 4.88. The van der Waals surface area contributed by atoms with Crippen LogP contribution in [0.2, 0.25) is 10.0 Å². The molecule has 0 radical (unpaired) electrons. The molecule has 7 heteroatoms. The molecule has 1 heterocycles. The number of carbonyl (C=O) groups is 2. The van der Waals surface area contributed by atoms with Crippen molar-refractivity contribution < 1.29 is 9.59 Å². The molecule has 0 atom stereocenters. The maximum absolute atomic E-state index is 12.2. The molecule has 1 N–H and O–H groups in total. The summed E-state index contributed by atoms with van der Waals surface area (Å²) in [5.41, 5.74) is 1.18. The van der Waals surface area contributed by atoms with Crippen LogP contribution in [0, 0.1) is 0 Å². The predicted octanol–water partition coefficient (Wildman–Crippen LogP) is 3.38. The van der Waals surface area contributed by atoms with E-state index in [0.717, 1.165) is 5.56 Å². The van der Waals surface area contributed by atoms with Gasteiger partial charge in [0.25, 0.3) is 0 Å². The highest BCUT2D eigenvalue weighted by Crippen LogP contribution is 2.29. The summed E-state index contributed by atoms with van der Waals surface area (Å²) in [6, 6.07) is 8.55. The van der Waals surface area contributed by atoms with Crippen LogP contribution in [-0.2, 0) is 16.1 Å². The largest absolute Gasteiger partial charge is 0.329 e. The molecule has 0 fully saturated rings. The summed E-state index contributed by atoms with van der Waals surface area (Å²) < 4.78 is 0. The maximum atomic E-state index is 12.2. The van der Waals surface area contributed by atoms with Crippen LogP contribution in [0.4, 0.5) is 5.69 Å². The summed E-state index contributed by atoms with van der Waals surface area (Å²) in [6.45, 7) is 1.60. The molecule has 2 aromatic rings. The number of para-hydroxylation sites is 1. The van der Waals surface area contributed by atoms with Gasteiger partial charge in [0.2, 0.25) is 11.8 Å². The molecule has 0 saturated heterocycles. The Balaban J connectivity index is 2.05. The highest BCUT2D eigenvalue weighted by atomic mass is 35.5. The molecule has 120 valence electrons. The first-order valence-electron chi connectivity index (χ1n) is 6.85. The zero-order chi connectivity index (χ0) is 16.8. The number of anilines is 1. The van der Waals surface area contributed by atoms with Crippen molar-refractivity contribution in [3.63, 3.8) is 0 Å². The van der Waals surface area contributed by atoms with Crippen LogP contribution >= 0.6 is 23.2 Å². The second-order valence-corrected chi connectivity index (χ2v) is 5.70. The Morgan fingerprint density at radius 1 is 1.17 bits per heavy atom. The third kappa shape index (κ3) is 4.94. The van der Waals surface area contributed by atoms with Crippen LogP contribution in [0.25, 0.3) is 0 Å². The van der Waals surface area contributed by atoms with Crippen molar-refractivity contribution in [1.29, 1.82) is 0 Å². The molecule has 2 amide bonds. The minimum Gasteiger partial charge on any atom is -0.329 e. The summed E-state index contributed by atoms with van der Waals surface area (Å²) in [6.07, 6.45) is 3.30. The number of carbonyl (C=O) groups excluding carboxylic acids is 2. The number of nitrogens with zero attached hydrogens (tertiary/aromatic N) is 2. The smallest absolute Gasteiger partial charge is 0.244 e. The molecule has 0 bridgehead atoms. The Morgan fingerprint density at radius 3 is 2.43 bits per heavy atom. The Bertz CT molecular complexity index is 687. The number of amides is 2. The van der Waals surface area contributed by atoms with Gasteiger partial charge >= 0.3 is 0 Å². The van der Waals surface area contributed by atoms with Gasteiger partial charge < -0.3 is 10.2 Å². The zero-order valence-corrected chi connectivity index (χ0v) is 13.9. The molecule has 0 saturated carbocycles. The topological polar surface area (TPSA) is 62.3 Å². The van der Waals surface area contributed by atoms with Crippen molar-refractivity contribution in [1.82, 2.24) is 9.88 Å². The predicted molar refractivity (Wildman–Crippen MR) is 90.4 cm³/mol. The first-order valence-corrected chi connectivity index (χ1v) is 7.61. The maximum Gasteiger partial charge on any atom is 0.244 e. The number of hydrogen-bond acceptors (Lipinski definition) is 3. The van der Waals surface area contributed by atoms with Gasteiger partial charge in [0.15, 0.2) is 0 Å². The number of halogens is 2. The van der Waals surface area contributed by atoms with Gasteiger partial charge in [0, 0.05) is 25.9 Å². The van der Waals surface area contributed by atoms with Gasteiger partial charge in [-0.2, -0.15) is 0 Å². The lowest BCUT2D eigenvalue weighted by molar-refractivity contribution is -0.133. The van der Waals surface area contributed by atoms with Gasteiger partial charge in [-0.25, -0.2) is 0 Å². The average Bonchev–Trinajstić information content (AvgIpc) is 2.51. The van der Waals surface area contributed by atoms with E-state index in [-0.39, 0.29) is 18.4 Å². The van der Waals surface area contributed by atoms with E-state index >= 15 is 0 Å². The normalized spacial score (nSPS) is 10.2. The van der Waals surface area contributed by atoms with Crippen LogP contribution < -0.4 is 5.32 Å². The van der Waals surface area contributed by atoms with Gasteiger partial charge in [-0.05, 0) is 23.8 Å². The molecule has 0 aliphatic carbocycles. The second kappa shape index (κ2) is 7.94. The number of benzene rings is 1. The molecular weight excluding hydrogens is 337 g/mol. The van der Waals surface area contributed by atoms with Crippen LogP contribution in [0.5, 0.6) is 0 Å². The summed E-state index contributed by atoms with van der Waals surface area (Å²) in [4.78, 5) is 29.3. The van der Waals surface area contributed by atoms with Crippen molar-refractivity contribution in [2.75, 3.05) is 11.9 Å². The monoisotopic (exact) mass is 351 g/mol. The first-order chi connectivity index (χ1) is 11.0. The minimum atomic E-state index is -0.376. The van der Waals surface area contributed by atoms with Crippen LogP contribution in [-0.4, -0.2) is 28.2 Å². The molecule has 1 aromatic carbocycles. The molecule has 0 spiro atoms. The number of nitrogens with one attached hydrogen (secondary N) is 1. The van der Waals surface area contributed by atoms with Gasteiger partial charge in [-0.3, -0.25) is 14.6 Å². The van der Waals surface area contributed by atoms with Crippen molar-refractivity contribution >= 4 is 40.7 Å². The van der Waals surface area contributed by atoms with Crippen LogP contribution in [0.1, 0.15) is 12.5 Å². The fourth-order valence-corrected chi connectivity index (χ4v) is 2.45. The fraction of sp³-hybridized carbons (Fsp3) is 0.188. The quantitative estimate of drug-likeness (QED) is 0.897. The summed E-state index contributed by atoms with van der Waals surface area (Å²) in [7, 11) is 0. The Morgan fingerprint density at radius 2 is 1.87 bits per heavy atom. The van der Waals surface area contributed by atoms with E-state index in [1.165, 1.54) is 11.8 Å². The molecule has 1 aromatic heterocycles. The van der Waals surface area contributed by atoms with Crippen molar-refractivity contribution in [3.8, 4) is 0 Å². The lowest BCUT2D eigenvalue weighted by atomic mass is 10.2. The highest BCUT2D eigenvalue weighted by Gasteiger charge is 2.16. The van der Waals surface area contributed by atoms with E-state index in [0.29, 0.717) is 22.3 Å². The third-order valence-corrected chi connectivity index (χ3v) is 3.73. The zero-order valence-electron chi connectivity index (χ0n) is 12.4. The molecule has 23 heavy (non-hydrogen) atoms. The van der Waals surface area contributed by atoms with Crippen molar-refractivity contribution in [2.45, 2.75) is 13.5 Å². The van der Waals surface area contributed by atoms with Gasteiger partial charge in [-0.15, -0.1) is 0 Å². The summed E-state index contributed by atoms with van der Waals surface area (Å²) >= 11 is 12.0.